The number of nitrogen functional groups attached to an aromatic ring is 1. The highest BCUT2D eigenvalue weighted by atomic mass is 32.2. The Morgan fingerprint density at radius 1 is 1.47 bits per heavy atom. The first-order valence-electron chi connectivity index (χ1n) is 5.20. The minimum Gasteiger partial charge on any atom is -0.384 e. The summed E-state index contributed by atoms with van der Waals surface area (Å²) in [5.74, 6) is 0.297. The van der Waals surface area contributed by atoms with E-state index in [1.54, 1.807) is 0 Å². The van der Waals surface area contributed by atoms with Crippen LogP contribution in [0.5, 0.6) is 0 Å². The van der Waals surface area contributed by atoms with Crippen molar-refractivity contribution in [3.8, 4) is 0 Å². The lowest BCUT2D eigenvalue weighted by atomic mass is 10.3. The minimum atomic E-state index is -3.50. The summed E-state index contributed by atoms with van der Waals surface area (Å²) in [6.07, 6.45) is 1.25. The predicted octanol–water partition coefficient (Wildman–Crippen LogP) is -0.108. The van der Waals surface area contributed by atoms with E-state index in [0.717, 1.165) is 0 Å². The summed E-state index contributed by atoms with van der Waals surface area (Å²) in [6.45, 7) is 2.28. The zero-order chi connectivity index (χ0) is 13.1. The van der Waals surface area contributed by atoms with Crippen molar-refractivity contribution in [1.82, 2.24) is 14.6 Å². The maximum Gasteiger partial charge on any atom is 0.242 e. The summed E-state index contributed by atoms with van der Waals surface area (Å²) < 4.78 is 26.2. The van der Waals surface area contributed by atoms with Crippen LogP contribution in [-0.2, 0) is 10.0 Å². The van der Waals surface area contributed by atoms with E-state index in [0.29, 0.717) is 12.4 Å². The summed E-state index contributed by atoms with van der Waals surface area (Å²) in [5, 5.41) is 0. The Labute approximate surface area is 102 Å². The van der Waals surface area contributed by atoms with Crippen molar-refractivity contribution in [1.29, 1.82) is 0 Å². The topological polar surface area (TPSA) is 88.3 Å². The molecular weight excluding hydrogens is 240 g/mol. The summed E-state index contributed by atoms with van der Waals surface area (Å²) in [4.78, 5) is 5.81. The van der Waals surface area contributed by atoms with Gasteiger partial charge in [0.25, 0.3) is 0 Å². The smallest absolute Gasteiger partial charge is 0.242 e. The Kier molecular flexibility index (Phi) is 4.44. The van der Waals surface area contributed by atoms with Crippen molar-refractivity contribution in [3.63, 3.8) is 0 Å². The zero-order valence-corrected chi connectivity index (χ0v) is 11.0. The van der Waals surface area contributed by atoms with E-state index in [4.69, 9.17) is 5.73 Å². The highest BCUT2D eigenvalue weighted by molar-refractivity contribution is 7.89. The molecule has 0 aromatic carbocycles. The molecule has 0 aliphatic rings. The Morgan fingerprint density at radius 2 is 2.12 bits per heavy atom. The number of rotatable bonds is 5. The zero-order valence-electron chi connectivity index (χ0n) is 10.2. The summed E-state index contributed by atoms with van der Waals surface area (Å²) >= 11 is 0. The molecule has 0 saturated heterocycles. The van der Waals surface area contributed by atoms with Gasteiger partial charge in [0, 0.05) is 18.8 Å². The highest BCUT2D eigenvalue weighted by Crippen LogP contribution is 2.08. The molecule has 7 heteroatoms. The number of nitrogens with zero attached hydrogens (tertiary/aromatic N) is 2. The monoisotopic (exact) mass is 258 g/mol. The molecular formula is C10H18N4O2S. The Hall–Kier alpha value is -1.18. The SMILES string of the molecule is CC(CNS(=O)(=O)c1ccc(N)nc1)N(C)C. The second kappa shape index (κ2) is 5.44. The number of hydrogen-bond acceptors (Lipinski definition) is 5. The van der Waals surface area contributed by atoms with Crippen molar-refractivity contribution >= 4 is 15.8 Å². The molecule has 1 unspecified atom stereocenters. The molecule has 0 fully saturated rings. The fraction of sp³-hybridized carbons (Fsp3) is 0.500. The van der Waals surface area contributed by atoms with E-state index in [-0.39, 0.29) is 10.9 Å². The normalized spacial score (nSPS) is 13.9. The molecule has 1 aromatic rings. The third kappa shape index (κ3) is 3.95. The van der Waals surface area contributed by atoms with Crippen LogP contribution in [0.2, 0.25) is 0 Å². The average Bonchev–Trinajstić information content (AvgIpc) is 2.26. The second-order valence-electron chi connectivity index (χ2n) is 4.08. The third-order valence-corrected chi connectivity index (χ3v) is 3.93. The van der Waals surface area contributed by atoms with Gasteiger partial charge >= 0.3 is 0 Å². The molecule has 96 valence electrons. The summed E-state index contributed by atoms with van der Waals surface area (Å²) in [6, 6.07) is 3.01. The molecule has 0 spiro atoms. The number of likely N-dealkylation sites (N-methyl/N-ethyl adjacent to an activating group) is 1. The van der Waals surface area contributed by atoms with Gasteiger partial charge in [-0.25, -0.2) is 18.1 Å². The van der Waals surface area contributed by atoms with Crippen molar-refractivity contribution in [2.75, 3.05) is 26.4 Å². The first kappa shape index (κ1) is 13.9. The number of hydrogen-bond donors (Lipinski definition) is 2. The van der Waals surface area contributed by atoms with Crippen LogP contribution >= 0.6 is 0 Å². The lowest BCUT2D eigenvalue weighted by Crippen LogP contribution is -2.38. The molecule has 1 heterocycles. The molecule has 1 atom stereocenters. The van der Waals surface area contributed by atoms with Crippen LogP contribution in [0.1, 0.15) is 6.92 Å². The van der Waals surface area contributed by atoms with Crippen LogP contribution in [-0.4, -0.2) is 45.0 Å². The van der Waals surface area contributed by atoms with Gasteiger partial charge in [0.05, 0.1) is 0 Å². The van der Waals surface area contributed by atoms with E-state index in [2.05, 4.69) is 9.71 Å². The van der Waals surface area contributed by atoms with Gasteiger partial charge in [-0.2, -0.15) is 0 Å². The van der Waals surface area contributed by atoms with Gasteiger partial charge in [0.1, 0.15) is 10.7 Å². The molecule has 3 N–H and O–H groups in total. The van der Waals surface area contributed by atoms with Crippen LogP contribution in [0, 0.1) is 0 Å². The van der Waals surface area contributed by atoms with E-state index >= 15 is 0 Å². The average molecular weight is 258 g/mol. The van der Waals surface area contributed by atoms with Crippen molar-refractivity contribution in [3.05, 3.63) is 18.3 Å². The lowest BCUT2D eigenvalue weighted by molar-refractivity contribution is 0.314. The molecule has 0 saturated carbocycles. The number of nitrogens with two attached hydrogens (primary N) is 1. The van der Waals surface area contributed by atoms with Gasteiger partial charge < -0.3 is 10.6 Å². The third-order valence-electron chi connectivity index (χ3n) is 2.52. The number of anilines is 1. The first-order valence-corrected chi connectivity index (χ1v) is 6.69. The van der Waals surface area contributed by atoms with Gasteiger partial charge in [-0.3, -0.25) is 0 Å². The minimum absolute atomic E-state index is 0.117. The molecule has 17 heavy (non-hydrogen) atoms. The predicted molar refractivity (Wildman–Crippen MR) is 67.0 cm³/mol. The van der Waals surface area contributed by atoms with E-state index in [1.165, 1.54) is 18.3 Å². The van der Waals surface area contributed by atoms with Gasteiger partial charge in [-0.05, 0) is 33.2 Å². The fourth-order valence-electron chi connectivity index (χ4n) is 1.05. The standard InChI is InChI=1S/C10H18N4O2S/c1-8(14(2)3)6-13-17(15,16)9-4-5-10(11)12-7-9/h4-5,7-8,13H,6H2,1-3H3,(H2,11,12). The van der Waals surface area contributed by atoms with Crippen LogP contribution in [0.4, 0.5) is 5.82 Å². The van der Waals surface area contributed by atoms with Crippen LogP contribution < -0.4 is 10.5 Å². The maximum absolute atomic E-state index is 11.9. The molecule has 0 radical (unpaired) electrons. The second-order valence-corrected chi connectivity index (χ2v) is 5.85. The molecule has 0 amide bonds. The molecule has 0 aliphatic heterocycles. The van der Waals surface area contributed by atoms with E-state index in [9.17, 15) is 8.42 Å². The van der Waals surface area contributed by atoms with Crippen LogP contribution in [0.25, 0.3) is 0 Å². The highest BCUT2D eigenvalue weighted by Gasteiger charge is 2.15. The number of aromatic nitrogens is 1. The van der Waals surface area contributed by atoms with E-state index < -0.39 is 10.0 Å². The van der Waals surface area contributed by atoms with Crippen molar-refractivity contribution < 1.29 is 8.42 Å². The van der Waals surface area contributed by atoms with E-state index in [1.807, 2.05) is 25.9 Å². The Morgan fingerprint density at radius 3 is 2.59 bits per heavy atom. The van der Waals surface area contributed by atoms with Crippen molar-refractivity contribution in [2.45, 2.75) is 17.9 Å². The lowest BCUT2D eigenvalue weighted by Gasteiger charge is -2.19. The largest absolute Gasteiger partial charge is 0.384 e. The molecule has 0 bridgehead atoms. The molecule has 1 aromatic heterocycles. The molecule has 6 nitrogen and oxygen atoms in total. The van der Waals surface area contributed by atoms with Gasteiger partial charge in [0.2, 0.25) is 10.0 Å². The van der Waals surface area contributed by atoms with Crippen molar-refractivity contribution in [2.24, 2.45) is 0 Å². The van der Waals surface area contributed by atoms with Gasteiger partial charge in [-0.1, -0.05) is 0 Å². The Balaban J connectivity index is 2.72. The van der Waals surface area contributed by atoms with Crippen LogP contribution in [0.3, 0.4) is 0 Å². The number of sulfonamides is 1. The molecule has 0 aliphatic carbocycles. The quantitative estimate of drug-likeness (QED) is 0.769. The maximum atomic E-state index is 11.9. The van der Waals surface area contributed by atoms with Crippen LogP contribution in [0.15, 0.2) is 23.2 Å². The van der Waals surface area contributed by atoms with Gasteiger partial charge in [0.15, 0.2) is 0 Å². The summed E-state index contributed by atoms with van der Waals surface area (Å²) in [5.41, 5.74) is 5.40. The Bertz CT molecular complexity index is 456. The fourth-order valence-corrected chi connectivity index (χ4v) is 2.11. The number of pyridine rings is 1. The molecule has 1 rings (SSSR count). The number of nitrogens with one attached hydrogen (secondary N) is 1. The first-order chi connectivity index (χ1) is 7.83. The summed E-state index contributed by atoms with van der Waals surface area (Å²) in [7, 11) is 0.285. The van der Waals surface area contributed by atoms with Gasteiger partial charge in [-0.15, -0.1) is 0 Å².